The Labute approximate surface area is 84.2 Å². The first-order chi connectivity index (χ1) is 0. The van der Waals surface area contributed by atoms with Crippen molar-refractivity contribution in [2.24, 2.45) is 0 Å². The molecule has 3 radical (unpaired) electrons. The van der Waals surface area contributed by atoms with Crippen LogP contribution in [0.25, 0.3) is 0 Å². The third kappa shape index (κ3) is 8.84. The van der Waals surface area contributed by atoms with Crippen molar-refractivity contribution < 1.29 is 62.0 Å². The minimum atomic E-state index is 0. The van der Waals surface area contributed by atoms with Crippen LogP contribution in [0.2, 0.25) is 0 Å². The summed E-state index contributed by atoms with van der Waals surface area (Å²) in [5, 5.41) is 0. The van der Waals surface area contributed by atoms with Crippen LogP contribution in [0.1, 0.15) is 0 Å². The van der Waals surface area contributed by atoms with Crippen molar-refractivity contribution in [3.63, 3.8) is 0 Å². The molecule has 0 saturated heterocycles. The Bertz CT molecular complexity index is 8.00. The average Bonchev–Trinajstić information content (AvgIpc) is 0. The molecule has 0 aliphatic rings. The van der Waals surface area contributed by atoms with Crippen molar-refractivity contribution >= 4 is 23.7 Å². The van der Waals surface area contributed by atoms with E-state index in [1.807, 2.05) is 0 Å². The summed E-state index contributed by atoms with van der Waals surface area (Å²) in [5.74, 6) is 0. The summed E-state index contributed by atoms with van der Waals surface area (Å²) in [6.07, 6.45) is 0. The van der Waals surface area contributed by atoms with E-state index in [0.29, 0.717) is 0 Å². The van der Waals surface area contributed by atoms with Crippen molar-refractivity contribution in [1.82, 2.24) is 0 Å². The zero-order valence-electron chi connectivity index (χ0n) is 1.75. The maximum Gasteiger partial charge on any atom is 0 e. The fourth-order valence-electron chi connectivity index (χ4n) is 0. The Morgan fingerprint density at radius 3 is 1.00 bits per heavy atom. The second-order valence-electron chi connectivity index (χ2n) is 0. The minimum Gasteiger partial charge on any atom is 0 e. The van der Waals surface area contributed by atoms with Gasteiger partial charge in [0, 0.05) is 62.0 Å². The predicted octanol–water partition coefficient (Wildman–Crippen LogP) is -0.656. The maximum absolute atomic E-state index is 0. The normalized spacial score (nSPS) is 0. The second kappa shape index (κ2) is 17.0. The molecule has 0 aromatic rings. The first-order valence-electron chi connectivity index (χ1n) is 0. The SMILES string of the molecule is [Mo].[Nb].[TeH].[V]. The van der Waals surface area contributed by atoms with Gasteiger partial charge in [-0.25, -0.2) is 0 Å². The van der Waals surface area contributed by atoms with Gasteiger partial charge >= 0.3 is 23.7 Å². The van der Waals surface area contributed by atoms with Gasteiger partial charge in [0.1, 0.15) is 0 Å². The molecule has 0 aromatic carbocycles. The van der Waals surface area contributed by atoms with E-state index in [-0.39, 0.29) is 85.7 Å². The van der Waals surface area contributed by atoms with Gasteiger partial charge in [-0.05, 0) is 0 Å². The minimum absolute atomic E-state index is 0. The molecule has 0 heterocycles. The topological polar surface area (TPSA) is 0 Å². The van der Waals surface area contributed by atoms with Crippen molar-refractivity contribution in [3.8, 4) is 0 Å². The van der Waals surface area contributed by atoms with Gasteiger partial charge in [0.2, 0.25) is 0 Å². The molecule has 0 bridgehead atoms. The van der Waals surface area contributed by atoms with Crippen LogP contribution in [0.4, 0.5) is 0 Å². The molecule has 0 amide bonds. The van der Waals surface area contributed by atoms with E-state index in [1.54, 1.807) is 0 Å². The molecule has 0 unspecified atom stereocenters. The molecule has 4 heteroatoms. The smallest absolute Gasteiger partial charge is 0 e. The van der Waals surface area contributed by atoms with E-state index in [9.17, 15) is 0 Å². The van der Waals surface area contributed by atoms with Gasteiger partial charge in [0.05, 0.1) is 0 Å². The Kier molecular flexibility index (Phi) is 124. The summed E-state index contributed by atoms with van der Waals surface area (Å²) in [7, 11) is 0. The summed E-state index contributed by atoms with van der Waals surface area (Å²) in [6, 6.07) is 0. The Morgan fingerprint density at radius 1 is 1.00 bits per heavy atom. The molecular formula is HMoNbTeV. The molecule has 0 aliphatic carbocycles. The van der Waals surface area contributed by atoms with Gasteiger partial charge in [0.15, 0.2) is 0 Å². The molecule has 0 rings (SSSR count). The monoisotopic (exact) mass is 373 g/mol. The Hall–Kier alpha value is 2.80. The van der Waals surface area contributed by atoms with E-state index in [2.05, 4.69) is 0 Å². The average molecular weight is 368 g/mol. The van der Waals surface area contributed by atoms with Crippen LogP contribution in [0.15, 0.2) is 0 Å². The van der Waals surface area contributed by atoms with Crippen LogP contribution in [0, 0.1) is 0 Å². The van der Waals surface area contributed by atoms with Crippen LogP contribution in [0.3, 0.4) is 0 Å². The molecule has 0 fully saturated rings. The molecule has 0 nitrogen and oxygen atoms in total. The zero-order valence-corrected chi connectivity index (χ0v) is 9.90. The second-order valence-corrected chi connectivity index (χ2v) is 0. The standard InChI is InChI=1S/Mo.Nb.HTe.V/h;;1H;. The van der Waals surface area contributed by atoms with Gasteiger partial charge in [0.25, 0.3) is 0 Å². The molecule has 0 N–H and O–H groups in total. The van der Waals surface area contributed by atoms with Crippen LogP contribution < -0.4 is 0 Å². The molecule has 0 aliphatic heterocycles. The van der Waals surface area contributed by atoms with Gasteiger partial charge in [-0.2, -0.15) is 0 Å². The largest absolute Gasteiger partial charge is 0 e. The summed E-state index contributed by atoms with van der Waals surface area (Å²) in [5.41, 5.74) is 0. The third-order valence-corrected chi connectivity index (χ3v) is 0. The first-order valence-corrected chi connectivity index (χ1v) is 0. The van der Waals surface area contributed by atoms with Gasteiger partial charge in [-0.3, -0.25) is 0 Å². The van der Waals surface area contributed by atoms with Crippen molar-refractivity contribution in [2.45, 2.75) is 0 Å². The van der Waals surface area contributed by atoms with Gasteiger partial charge in [-0.1, -0.05) is 0 Å². The molecule has 0 aromatic heterocycles. The van der Waals surface area contributed by atoms with E-state index < -0.39 is 0 Å². The van der Waals surface area contributed by atoms with E-state index in [0.717, 1.165) is 0 Å². The summed E-state index contributed by atoms with van der Waals surface area (Å²) < 4.78 is 0. The molecular weight excluding hydrogens is 367 g/mol. The number of hydrogen-bond donors (Lipinski definition) is 0. The van der Waals surface area contributed by atoms with Crippen LogP contribution in [-0.4, -0.2) is 23.7 Å². The molecule has 0 spiro atoms. The molecule has 23 valence electrons. The number of rotatable bonds is 0. The fraction of sp³-hybridized carbons (Fsp3) is 0. The molecule has 4 heavy (non-hydrogen) atoms. The van der Waals surface area contributed by atoms with Crippen molar-refractivity contribution in [3.05, 3.63) is 0 Å². The number of hydrogen-bond acceptors (Lipinski definition) is 0. The quantitative estimate of drug-likeness (QED) is 0.499. The van der Waals surface area contributed by atoms with E-state index in [1.165, 1.54) is 0 Å². The van der Waals surface area contributed by atoms with Gasteiger partial charge < -0.3 is 0 Å². The predicted molar refractivity (Wildman–Crippen MR) is 7.15 cm³/mol. The molecule has 0 saturated carbocycles. The van der Waals surface area contributed by atoms with Gasteiger partial charge in [-0.15, -0.1) is 0 Å². The van der Waals surface area contributed by atoms with Crippen molar-refractivity contribution in [1.29, 1.82) is 0 Å². The van der Waals surface area contributed by atoms with Crippen molar-refractivity contribution in [2.75, 3.05) is 0 Å². The Balaban J connectivity index is 0. The van der Waals surface area contributed by atoms with Crippen LogP contribution in [-0.2, 0) is 62.0 Å². The summed E-state index contributed by atoms with van der Waals surface area (Å²) in [4.78, 5) is 0. The molecule has 0 atom stereocenters. The summed E-state index contributed by atoms with van der Waals surface area (Å²) >= 11 is 0. The zero-order chi connectivity index (χ0) is 0. The first kappa shape index (κ1) is 29.2. The fourth-order valence-corrected chi connectivity index (χ4v) is 0. The van der Waals surface area contributed by atoms with Crippen LogP contribution in [0.5, 0.6) is 0 Å². The van der Waals surface area contributed by atoms with E-state index in [4.69, 9.17) is 0 Å². The Morgan fingerprint density at radius 2 is 1.00 bits per heavy atom. The summed E-state index contributed by atoms with van der Waals surface area (Å²) in [6.45, 7) is 0. The third-order valence-electron chi connectivity index (χ3n) is 0. The van der Waals surface area contributed by atoms with E-state index >= 15 is 0 Å². The maximum atomic E-state index is 0. The van der Waals surface area contributed by atoms with Crippen LogP contribution >= 0.6 is 0 Å².